The zero-order valence-electron chi connectivity index (χ0n) is 13.9. The van der Waals surface area contributed by atoms with Gasteiger partial charge in [-0.2, -0.15) is 0 Å². The number of hydrogen-bond acceptors (Lipinski definition) is 4. The number of para-hydroxylation sites is 1. The quantitative estimate of drug-likeness (QED) is 0.746. The number of aromatic nitrogens is 1. The van der Waals surface area contributed by atoms with E-state index in [0.717, 1.165) is 15.9 Å². The maximum absolute atomic E-state index is 13.0. The van der Waals surface area contributed by atoms with Crippen molar-refractivity contribution in [2.75, 3.05) is 22.4 Å². The number of benzene rings is 2. The van der Waals surface area contributed by atoms with Crippen LogP contribution in [-0.2, 0) is 14.8 Å². The molecule has 0 atom stereocenters. The average molecular weight is 373 g/mol. The standard InChI is InChI=1S/C18H16FN3O3S/c1-26(24,25)22(12-17(23)21-15-9-7-14(19)8-10-15)16-6-2-4-13-5-3-11-20-18(13)16/h2-11H,12H2,1H3,(H,21,23). The highest BCUT2D eigenvalue weighted by Crippen LogP contribution is 2.26. The number of nitrogens with zero attached hydrogens (tertiary/aromatic N) is 2. The highest BCUT2D eigenvalue weighted by atomic mass is 32.2. The molecule has 0 aliphatic heterocycles. The largest absolute Gasteiger partial charge is 0.325 e. The Hall–Kier alpha value is -3.00. The molecule has 3 aromatic rings. The first-order chi connectivity index (χ1) is 12.3. The summed E-state index contributed by atoms with van der Waals surface area (Å²) in [5, 5.41) is 3.32. The summed E-state index contributed by atoms with van der Waals surface area (Å²) in [4.78, 5) is 16.6. The van der Waals surface area contributed by atoms with E-state index in [0.29, 0.717) is 16.9 Å². The van der Waals surface area contributed by atoms with E-state index in [1.165, 1.54) is 24.3 Å². The van der Waals surface area contributed by atoms with Gasteiger partial charge in [-0.15, -0.1) is 0 Å². The molecular formula is C18H16FN3O3S. The molecule has 1 amide bonds. The van der Waals surface area contributed by atoms with Crippen molar-refractivity contribution >= 4 is 38.2 Å². The summed E-state index contributed by atoms with van der Waals surface area (Å²) < 4.78 is 38.5. The fourth-order valence-corrected chi connectivity index (χ4v) is 3.39. The van der Waals surface area contributed by atoms with Gasteiger partial charge in [-0.1, -0.05) is 18.2 Å². The minimum atomic E-state index is -3.73. The van der Waals surface area contributed by atoms with E-state index in [1.54, 1.807) is 24.4 Å². The molecule has 134 valence electrons. The van der Waals surface area contributed by atoms with Crippen LogP contribution in [-0.4, -0.2) is 32.1 Å². The molecule has 6 nitrogen and oxygen atoms in total. The number of fused-ring (bicyclic) bond motifs is 1. The Bertz CT molecular complexity index is 1050. The third-order valence-corrected chi connectivity index (χ3v) is 4.82. The Balaban J connectivity index is 1.91. The number of sulfonamides is 1. The second kappa shape index (κ2) is 7.09. The molecule has 1 N–H and O–H groups in total. The molecule has 1 aromatic heterocycles. The normalized spacial score (nSPS) is 11.3. The summed E-state index contributed by atoms with van der Waals surface area (Å²) in [6, 6.07) is 13.9. The fraction of sp³-hybridized carbons (Fsp3) is 0.111. The number of carbonyl (C=O) groups excluding carboxylic acids is 1. The first-order valence-electron chi connectivity index (χ1n) is 7.71. The van der Waals surface area contributed by atoms with Crippen molar-refractivity contribution in [1.82, 2.24) is 4.98 Å². The van der Waals surface area contributed by atoms with E-state index >= 15 is 0 Å². The minimum absolute atomic E-state index is 0.319. The van der Waals surface area contributed by atoms with Crippen molar-refractivity contribution in [3.63, 3.8) is 0 Å². The summed E-state index contributed by atoms with van der Waals surface area (Å²) in [7, 11) is -3.73. The van der Waals surface area contributed by atoms with Gasteiger partial charge in [0.2, 0.25) is 15.9 Å². The molecule has 0 saturated heterocycles. The maximum atomic E-state index is 13.0. The van der Waals surface area contributed by atoms with E-state index in [4.69, 9.17) is 0 Å². The predicted molar refractivity (Wildman–Crippen MR) is 99.0 cm³/mol. The van der Waals surface area contributed by atoms with Crippen LogP contribution in [0.5, 0.6) is 0 Å². The topological polar surface area (TPSA) is 79.4 Å². The van der Waals surface area contributed by atoms with Crippen LogP contribution in [0.25, 0.3) is 10.9 Å². The number of anilines is 2. The van der Waals surface area contributed by atoms with Gasteiger partial charge in [-0.25, -0.2) is 12.8 Å². The molecule has 26 heavy (non-hydrogen) atoms. The van der Waals surface area contributed by atoms with Crippen molar-refractivity contribution in [1.29, 1.82) is 0 Å². The lowest BCUT2D eigenvalue weighted by Gasteiger charge is -2.22. The summed E-state index contributed by atoms with van der Waals surface area (Å²) in [5.74, 6) is -0.974. The van der Waals surface area contributed by atoms with E-state index in [2.05, 4.69) is 10.3 Å². The van der Waals surface area contributed by atoms with Crippen LogP contribution in [0.2, 0.25) is 0 Å². The van der Waals surface area contributed by atoms with Crippen LogP contribution in [0.15, 0.2) is 60.8 Å². The summed E-state index contributed by atoms with van der Waals surface area (Å²) in [6.45, 7) is -0.425. The molecule has 2 aromatic carbocycles. The molecule has 0 fully saturated rings. The number of nitrogens with one attached hydrogen (secondary N) is 1. The Morgan fingerprint density at radius 2 is 1.81 bits per heavy atom. The number of rotatable bonds is 5. The Morgan fingerprint density at radius 1 is 1.12 bits per heavy atom. The second-order valence-electron chi connectivity index (χ2n) is 5.68. The third-order valence-electron chi connectivity index (χ3n) is 3.70. The first kappa shape index (κ1) is 17.8. The second-order valence-corrected chi connectivity index (χ2v) is 7.58. The molecule has 0 unspecified atom stereocenters. The van der Waals surface area contributed by atoms with Gasteiger partial charge >= 0.3 is 0 Å². The minimum Gasteiger partial charge on any atom is -0.325 e. The molecule has 0 aliphatic carbocycles. The van der Waals surface area contributed by atoms with Gasteiger partial charge in [0.05, 0.1) is 17.5 Å². The van der Waals surface area contributed by atoms with Crippen LogP contribution in [0.1, 0.15) is 0 Å². The number of hydrogen-bond donors (Lipinski definition) is 1. The Labute approximate surface area is 150 Å². The first-order valence-corrected chi connectivity index (χ1v) is 9.56. The van der Waals surface area contributed by atoms with Crippen LogP contribution in [0, 0.1) is 5.82 Å². The molecule has 0 spiro atoms. The van der Waals surface area contributed by atoms with Crippen LogP contribution in [0.3, 0.4) is 0 Å². The molecule has 1 heterocycles. The molecular weight excluding hydrogens is 357 g/mol. The molecule has 0 saturated carbocycles. The van der Waals surface area contributed by atoms with E-state index in [-0.39, 0.29) is 0 Å². The van der Waals surface area contributed by atoms with Crippen molar-refractivity contribution < 1.29 is 17.6 Å². The van der Waals surface area contributed by atoms with Gasteiger partial charge in [0.1, 0.15) is 12.4 Å². The van der Waals surface area contributed by atoms with Crippen LogP contribution in [0.4, 0.5) is 15.8 Å². The lowest BCUT2D eigenvalue weighted by molar-refractivity contribution is -0.114. The van der Waals surface area contributed by atoms with Gasteiger partial charge in [0, 0.05) is 17.3 Å². The van der Waals surface area contributed by atoms with Crippen LogP contribution >= 0.6 is 0 Å². The van der Waals surface area contributed by atoms with Gasteiger partial charge in [-0.3, -0.25) is 14.1 Å². The number of halogens is 1. The molecule has 0 radical (unpaired) electrons. The molecule has 0 aliphatic rings. The van der Waals surface area contributed by atoms with E-state index in [9.17, 15) is 17.6 Å². The smallest absolute Gasteiger partial charge is 0.245 e. The van der Waals surface area contributed by atoms with Gasteiger partial charge < -0.3 is 5.32 Å². The lowest BCUT2D eigenvalue weighted by Crippen LogP contribution is -2.37. The number of carbonyl (C=O) groups is 1. The highest BCUT2D eigenvalue weighted by molar-refractivity contribution is 7.92. The van der Waals surface area contributed by atoms with E-state index < -0.39 is 28.3 Å². The van der Waals surface area contributed by atoms with Crippen LogP contribution < -0.4 is 9.62 Å². The summed E-state index contributed by atoms with van der Waals surface area (Å²) in [5.41, 5.74) is 1.18. The van der Waals surface area contributed by atoms with Crippen molar-refractivity contribution in [2.45, 2.75) is 0 Å². The summed E-state index contributed by atoms with van der Waals surface area (Å²) >= 11 is 0. The van der Waals surface area contributed by atoms with Crippen molar-refractivity contribution in [3.05, 3.63) is 66.6 Å². The predicted octanol–water partition coefficient (Wildman–Crippen LogP) is 2.78. The molecule has 0 bridgehead atoms. The van der Waals surface area contributed by atoms with Crippen molar-refractivity contribution in [3.8, 4) is 0 Å². The third kappa shape index (κ3) is 3.97. The Morgan fingerprint density at radius 3 is 2.50 bits per heavy atom. The molecule has 3 rings (SSSR count). The van der Waals surface area contributed by atoms with Gasteiger partial charge in [0.15, 0.2) is 0 Å². The average Bonchev–Trinajstić information content (AvgIpc) is 2.60. The summed E-state index contributed by atoms with van der Waals surface area (Å²) in [6.07, 6.45) is 2.59. The SMILES string of the molecule is CS(=O)(=O)N(CC(=O)Nc1ccc(F)cc1)c1cccc2cccnc12. The zero-order valence-corrected chi connectivity index (χ0v) is 14.7. The zero-order chi connectivity index (χ0) is 18.7. The highest BCUT2D eigenvalue weighted by Gasteiger charge is 2.23. The monoisotopic (exact) mass is 373 g/mol. The maximum Gasteiger partial charge on any atom is 0.245 e. The number of amides is 1. The van der Waals surface area contributed by atoms with Crippen molar-refractivity contribution in [2.24, 2.45) is 0 Å². The Kier molecular flexibility index (Phi) is 4.85. The van der Waals surface area contributed by atoms with E-state index in [1.807, 2.05) is 12.1 Å². The molecule has 8 heteroatoms. The lowest BCUT2D eigenvalue weighted by atomic mass is 10.2. The van der Waals surface area contributed by atoms with Gasteiger partial charge in [0.25, 0.3) is 0 Å². The fourth-order valence-electron chi connectivity index (χ4n) is 2.53. The van der Waals surface area contributed by atoms with Gasteiger partial charge in [-0.05, 0) is 36.4 Å². The number of pyridine rings is 1.